The first-order valence-electron chi connectivity index (χ1n) is 7.57. The van der Waals surface area contributed by atoms with Gasteiger partial charge in [0, 0.05) is 6.54 Å². The highest BCUT2D eigenvalue weighted by atomic mass is 32.2. The molecule has 0 fully saturated rings. The van der Waals surface area contributed by atoms with Gasteiger partial charge in [-0.25, -0.2) is 13.1 Å². The molecule has 0 heterocycles. The van der Waals surface area contributed by atoms with Crippen LogP contribution >= 0.6 is 0 Å². The Hall–Kier alpha value is -1.85. The summed E-state index contributed by atoms with van der Waals surface area (Å²) in [5.74, 6) is 0.788. The van der Waals surface area contributed by atoms with Gasteiger partial charge in [0.2, 0.25) is 10.0 Å². The van der Waals surface area contributed by atoms with Gasteiger partial charge in [-0.3, -0.25) is 0 Å². The van der Waals surface area contributed by atoms with Crippen LogP contribution in [0.15, 0.2) is 41.3 Å². The van der Waals surface area contributed by atoms with Crippen LogP contribution in [-0.4, -0.2) is 21.6 Å². The summed E-state index contributed by atoms with van der Waals surface area (Å²) < 4.78 is 33.0. The van der Waals surface area contributed by atoms with E-state index >= 15 is 0 Å². The Kier molecular flexibility index (Phi) is 5.44. The second kappa shape index (κ2) is 7.15. The molecular formula is C18H23NO3S. The molecule has 0 bridgehead atoms. The van der Waals surface area contributed by atoms with Gasteiger partial charge in [0.1, 0.15) is 12.4 Å². The van der Waals surface area contributed by atoms with Gasteiger partial charge in [0.15, 0.2) is 0 Å². The second-order valence-electron chi connectivity index (χ2n) is 5.71. The summed E-state index contributed by atoms with van der Waals surface area (Å²) in [6.07, 6.45) is 0. The molecule has 23 heavy (non-hydrogen) atoms. The maximum absolute atomic E-state index is 12.4. The fraction of sp³-hybridized carbons (Fsp3) is 0.333. The highest BCUT2D eigenvalue weighted by Crippen LogP contribution is 2.20. The maximum Gasteiger partial charge on any atom is 0.240 e. The highest BCUT2D eigenvalue weighted by molar-refractivity contribution is 7.89. The quantitative estimate of drug-likeness (QED) is 0.826. The van der Waals surface area contributed by atoms with E-state index in [1.54, 1.807) is 13.0 Å². The molecule has 124 valence electrons. The number of rotatable bonds is 6. The van der Waals surface area contributed by atoms with Crippen molar-refractivity contribution in [3.8, 4) is 5.75 Å². The Morgan fingerprint density at radius 3 is 2.48 bits per heavy atom. The van der Waals surface area contributed by atoms with Gasteiger partial charge in [-0.1, -0.05) is 24.3 Å². The molecule has 0 aliphatic carbocycles. The Labute approximate surface area is 138 Å². The number of hydrogen-bond donors (Lipinski definition) is 1. The van der Waals surface area contributed by atoms with E-state index in [9.17, 15) is 8.42 Å². The molecule has 0 unspecified atom stereocenters. The van der Waals surface area contributed by atoms with Crippen LogP contribution in [-0.2, 0) is 10.0 Å². The Morgan fingerprint density at radius 2 is 1.74 bits per heavy atom. The summed E-state index contributed by atoms with van der Waals surface area (Å²) in [4.78, 5) is 0.323. The van der Waals surface area contributed by atoms with Crippen molar-refractivity contribution in [1.29, 1.82) is 0 Å². The van der Waals surface area contributed by atoms with Crippen molar-refractivity contribution < 1.29 is 13.2 Å². The number of benzene rings is 2. The lowest BCUT2D eigenvalue weighted by Crippen LogP contribution is -2.29. The largest absolute Gasteiger partial charge is 0.492 e. The molecule has 0 aromatic heterocycles. The zero-order chi connectivity index (χ0) is 17.0. The third-order valence-corrected chi connectivity index (χ3v) is 5.44. The van der Waals surface area contributed by atoms with Gasteiger partial charge in [0.05, 0.1) is 4.90 Å². The molecule has 0 aliphatic heterocycles. The van der Waals surface area contributed by atoms with Crippen LogP contribution in [0.4, 0.5) is 0 Å². The van der Waals surface area contributed by atoms with Crippen molar-refractivity contribution >= 4 is 10.0 Å². The van der Waals surface area contributed by atoms with Crippen LogP contribution in [0.5, 0.6) is 5.75 Å². The topological polar surface area (TPSA) is 55.4 Å². The van der Waals surface area contributed by atoms with E-state index in [0.717, 1.165) is 28.0 Å². The maximum atomic E-state index is 12.4. The van der Waals surface area contributed by atoms with Crippen LogP contribution in [0.2, 0.25) is 0 Å². The smallest absolute Gasteiger partial charge is 0.240 e. The summed E-state index contributed by atoms with van der Waals surface area (Å²) in [5, 5.41) is 0. The molecule has 2 aromatic rings. The minimum atomic E-state index is -3.52. The van der Waals surface area contributed by atoms with Gasteiger partial charge >= 0.3 is 0 Å². The van der Waals surface area contributed by atoms with Crippen molar-refractivity contribution in [2.24, 2.45) is 0 Å². The second-order valence-corrected chi connectivity index (χ2v) is 7.45. The van der Waals surface area contributed by atoms with Crippen LogP contribution in [0.3, 0.4) is 0 Å². The van der Waals surface area contributed by atoms with Crippen LogP contribution in [0.25, 0.3) is 0 Å². The fourth-order valence-corrected chi connectivity index (χ4v) is 3.63. The van der Waals surface area contributed by atoms with Crippen molar-refractivity contribution in [1.82, 2.24) is 4.72 Å². The first-order chi connectivity index (χ1) is 10.8. The average Bonchev–Trinajstić information content (AvgIpc) is 2.50. The minimum Gasteiger partial charge on any atom is -0.492 e. The third-order valence-electron chi connectivity index (χ3n) is 3.84. The molecule has 2 rings (SSSR count). The van der Waals surface area contributed by atoms with Gasteiger partial charge in [-0.2, -0.15) is 0 Å². The normalized spacial score (nSPS) is 11.5. The summed E-state index contributed by atoms with van der Waals surface area (Å²) in [5.41, 5.74) is 3.88. The van der Waals surface area contributed by atoms with Crippen LogP contribution in [0.1, 0.15) is 22.3 Å². The molecule has 0 radical (unpaired) electrons. The molecular weight excluding hydrogens is 310 g/mol. The highest BCUT2D eigenvalue weighted by Gasteiger charge is 2.16. The number of ether oxygens (including phenoxy) is 1. The lowest BCUT2D eigenvalue weighted by Gasteiger charge is -2.13. The number of aryl methyl sites for hydroxylation is 3. The lowest BCUT2D eigenvalue weighted by atomic mass is 10.1. The molecule has 0 atom stereocenters. The van der Waals surface area contributed by atoms with Crippen molar-refractivity contribution in [3.05, 3.63) is 58.7 Å². The van der Waals surface area contributed by atoms with Crippen LogP contribution in [0, 0.1) is 27.7 Å². The van der Waals surface area contributed by atoms with E-state index in [-0.39, 0.29) is 13.2 Å². The predicted octanol–water partition coefficient (Wildman–Crippen LogP) is 3.28. The van der Waals surface area contributed by atoms with Gasteiger partial charge in [-0.15, -0.1) is 0 Å². The van der Waals surface area contributed by atoms with E-state index in [4.69, 9.17) is 4.74 Å². The Bertz CT molecular complexity index is 798. The van der Waals surface area contributed by atoms with Crippen molar-refractivity contribution in [3.63, 3.8) is 0 Å². The zero-order valence-electron chi connectivity index (χ0n) is 14.0. The first-order valence-corrected chi connectivity index (χ1v) is 9.05. The van der Waals surface area contributed by atoms with Crippen molar-refractivity contribution in [2.75, 3.05) is 13.2 Å². The SMILES string of the molecule is Cc1ccc(C)c(S(=O)(=O)NCCOc2cccc(C)c2C)c1. The number of nitrogens with one attached hydrogen (secondary N) is 1. The Morgan fingerprint density at radius 1 is 1.00 bits per heavy atom. The molecule has 0 spiro atoms. The van der Waals surface area contributed by atoms with Gasteiger partial charge < -0.3 is 4.74 Å². The standard InChI is InChI=1S/C18H23NO3S/c1-13-8-9-15(3)18(12-13)23(20,21)19-10-11-22-17-7-5-6-14(2)16(17)4/h5-9,12,19H,10-11H2,1-4H3. The third kappa shape index (κ3) is 4.33. The molecule has 1 N–H and O–H groups in total. The van der Waals surface area contributed by atoms with Crippen LogP contribution < -0.4 is 9.46 Å². The number of sulfonamides is 1. The van der Waals surface area contributed by atoms with E-state index in [0.29, 0.717) is 4.90 Å². The minimum absolute atomic E-state index is 0.225. The van der Waals surface area contributed by atoms with Crippen molar-refractivity contribution in [2.45, 2.75) is 32.6 Å². The van der Waals surface area contributed by atoms with Gasteiger partial charge in [0.25, 0.3) is 0 Å². The summed E-state index contributed by atoms with van der Waals surface area (Å²) >= 11 is 0. The van der Waals surface area contributed by atoms with E-state index in [1.165, 1.54) is 0 Å². The molecule has 2 aromatic carbocycles. The Balaban J connectivity index is 1.98. The molecule has 5 heteroatoms. The molecule has 0 saturated heterocycles. The van der Waals surface area contributed by atoms with E-state index < -0.39 is 10.0 Å². The summed E-state index contributed by atoms with van der Waals surface area (Å²) in [6.45, 7) is 8.19. The lowest BCUT2D eigenvalue weighted by molar-refractivity contribution is 0.320. The molecule has 0 saturated carbocycles. The fourth-order valence-electron chi connectivity index (χ4n) is 2.29. The predicted molar refractivity (Wildman–Crippen MR) is 92.5 cm³/mol. The number of hydrogen-bond acceptors (Lipinski definition) is 3. The first kappa shape index (κ1) is 17.5. The molecule has 4 nitrogen and oxygen atoms in total. The van der Waals surface area contributed by atoms with E-state index in [1.807, 2.05) is 51.1 Å². The molecule has 0 amide bonds. The summed E-state index contributed by atoms with van der Waals surface area (Å²) in [6, 6.07) is 11.2. The zero-order valence-corrected chi connectivity index (χ0v) is 14.8. The monoisotopic (exact) mass is 333 g/mol. The summed E-state index contributed by atoms with van der Waals surface area (Å²) in [7, 11) is -3.52. The molecule has 0 aliphatic rings. The van der Waals surface area contributed by atoms with E-state index in [2.05, 4.69) is 4.72 Å². The van der Waals surface area contributed by atoms with Gasteiger partial charge in [-0.05, 0) is 62.1 Å². The average molecular weight is 333 g/mol.